The summed E-state index contributed by atoms with van der Waals surface area (Å²) in [7, 11) is 0. The first-order valence-electron chi connectivity index (χ1n) is 6.13. The Hall–Kier alpha value is -1.88. The number of aromatic nitrogens is 3. The van der Waals surface area contributed by atoms with Gasteiger partial charge < -0.3 is 5.32 Å². The monoisotopic (exact) mass is 276 g/mol. The molecule has 0 atom stereocenters. The van der Waals surface area contributed by atoms with Crippen LogP contribution in [0.25, 0.3) is 0 Å². The van der Waals surface area contributed by atoms with E-state index in [1.165, 1.54) is 0 Å². The fraction of sp³-hybridized carbons (Fsp3) is 0.308. The van der Waals surface area contributed by atoms with E-state index in [9.17, 15) is 4.79 Å². The van der Waals surface area contributed by atoms with Crippen molar-refractivity contribution in [2.75, 3.05) is 5.32 Å². The molecule has 3 rings (SSSR count). The van der Waals surface area contributed by atoms with Gasteiger partial charge in [0.2, 0.25) is 5.82 Å². The zero-order valence-electron chi connectivity index (χ0n) is 10.4. The molecule has 0 aliphatic heterocycles. The van der Waals surface area contributed by atoms with E-state index in [4.69, 9.17) is 11.6 Å². The molecule has 19 heavy (non-hydrogen) atoms. The summed E-state index contributed by atoms with van der Waals surface area (Å²) in [6.07, 6.45) is 2.23. The number of carbonyl (C=O) groups is 1. The largest absolute Gasteiger partial charge is 0.319 e. The third-order valence-corrected chi connectivity index (χ3v) is 3.35. The number of aryl methyl sites for hydroxylation is 1. The van der Waals surface area contributed by atoms with Crippen LogP contribution in [0.4, 0.5) is 5.69 Å². The summed E-state index contributed by atoms with van der Waals surface area (Å²) in [5.41, 5.74) is 1.62. The number of H-pyrrole nitrogens is 1. The number of amides is 1. The van der Waals surface area contributed by atoms with Gasteiger partial charge in [0.1, 0.15) is 5.82 Å². The molecule has 0 radical (unpaired) electrons. The van der Waals surface area contributed by atoms with Crippen LogP contribution in [0.1, 0.15) is 40.8 Å². The molecule has 0 unspecified atom stereocenters. The minimum atomic E-state index is -0.325. The number of nitrogens with one attached hydrogen (secondary N) is 2. The zero-order valence-corrected chi connectivity index (χ0v) is 11.2. The molecule has 6 heteroatoms. The van der Waals surface area contributed by atoms with E-state index in [0.717, 1.165) is 24.2 Å². The molecule has 1 aromatic carbocycles. The van der Waals surface area contributed by atoms with Crippen molar-refractivity contribution < 1.29 is 4.79 Å². The van der Waals surface area contributed by atoms with E-state index in [2.05, 4.69) is 20.5 Å². The van der Waals surface area contributed by atoms with E-state index >= 15 is 0 Å². The van der Waals surface area contributed by atoms with Gasteiger partial charge in [0, 0.05) is 16.6 Å². The molecule has 1 amide bonds. The van der Waals surface area contributed by atoms with Gasteiger partial charge in [0.15, 0.2) is 0 Å². The Bertz CT molecular complexity index is 633. The van der Waals surface area contributed by atoms with Crippen molar-refractivity contribution >= 4 is 23.2 Å². The van der Waals surface area contributed by atoms with Crippen molar-refractivity contribution in [2.24, 2.45) is 0 Å². The second-order valence-electron chi connectivity index (χ2n) is 4.73. The van der Waals surface area contributed by atoms with Gasteiger partial charge in [-0.25, -0.2) is 4.98 Å². The first-order valence-corrected chi connectivity index (χ1v) is 6.51. The minimum absolute atomic E-state index is 0.168. The minimum Gasteiger partial charge on any atom is -0.319 e. The summed E-state index contributed by atoms with van der Waals surface area (Å²) in [5.74, 6) is 1.09. The van der Waals surface area contributed by atoms with Crippen LogP contribution in [-0.4, -0.2) is 21.1 Å². The van der Waals surface area contributed by atoms with Gasteiger partial charge in [-0.1, -0.05) is 17.7 Å². The Labute approximate surface area is 115 Å². The molecule has 2 N–H and O–H groups in total. The summed E-state index contributed by atoms with van der Waals surface area (Å²) in [4.78, 5) is 16.2. The highest BCUT2D eigenvalue weighted by atomic mass is 35.5. The molecule has 1 saturated carbocycles. The Morgan fingerprint density at radius 3 is 3.00 bits per heavy atom. The molecule has 1 aliphatic carbocycles. The van der Waals surface area contributed by atoms with Crippen molar-refractivity contribution in [3.63, 3.8) is 0 Å². The molecule has 2 aromatic rings. The van der Waals surface area contributed by atoms with Crippen LogP contribution in [-0.2, 0) is 0 Å². The van der Waals surface area contributed by atoms with Gasteiger partial charge in [0.25, 0.3) is 5.91 Å². The highest BCUT2D eigenvalue weighted by Gasteiger charge is 2.28. The van der Waals surface area contributed by atoms with Crippen molar-refractivity contribution in [2.45, 2.75) is 25.7 Å². The first kappa shape index (κ1) is 12.2. The van der Waals surface area contributed by atoms with Gasteiger partial charge >= 0.3 is 0 Å². The maximum Gasteiger partial charge on any atom is 0.295 e. The quantitative estimate of drug-likeness (QED) is 0.905. The molecule has 0 spiro atoms. The predicted molar refractivity (Wildman–Crippen MR) is 72.5 cm³/mol. The van der Waals surface area contributed by atoms with E-state index in [1.54, 1.807) is 12.1 Å². The van der Waals surface area contributed by atoms with E-state index in [0.29, 0.717) is 16.6 Å². The lowest BCUT2D eigenvalue weighted by Gasteiger charge is -2.06. The third kappa shape index (κ3) is 2.61. The summed E-state index contributed by atoms with van der Waals surface area (Å²) in [6.45, 7) is 1.90. The highest BCUT2D eigenvalue weighted by Crippen LogP contribution is 2.37. The predicted octanol–water partition coefficient (Wildman–Crippen LogP) is 2.90. The van der Waals surface area contributed by atoms with Crippen molar-refractivity contribution in [1.82, 2.24) is 15.2 Å². The van der Waals surface area contributed by atoms with Crippen molar-refractivity contribution in [3.8, 4) is 0 Å². The maximum atomic E-state index is 12.0. The van der Waals surface area contributed by atoms with E-state index < -0.39 is 0 Å². The number of hydrogen-bond acceptors (Lipinski definition) is 3. The summed E-state index contributed by atoms with van der Waals surface area (Å²) in [5, 5.41) is 10.1. The SMILES string of the molecule is Cc1ccc(Cl)cc1NC(=O)c1n[nH]c(C2CC2)n1. The average molecular weight is 277 g/mol. The lowest BCUT2D eigenvalue weighted by molar-refractivity contribution is 0.101. The summed E-state index contributed by atoms with van der Waals surface area (Å²) < 4.78 is 0. The second kappa shape index (κ2) is 4.66. The Kier molecular flexibility index (Phi) is 2.98. The van der Waals surface area contributed by atoms with Crippen molar-refractivity contribution in [1.29, 1.82) is 0 Å². The standard InChI is InChI=1S/C13H13ClN4O/c1-7-2-5-9(14)6-10(7)15-13(19)12-16-11(17-18-12)8-3-4-8/h2,5-6,8H,3-4H2,1H3,(H,15,19)(H,16,17,18). The molecule has 1 heterocycles. The van der Waals surface area contributed by atoms with Crippen LogP contribution in [0.3, 0.4) is 0 Å². The maximum absolute atomic E-state index is 12.0. The Morgan fingerprint density at radius 1 is 1.47 bits per heavy atom. The topological polar surface area (TPSA) is 70.7 Å². The molecule has 1 aliphatic rings. The Morgan fingerprint density at radius 2 is 2.26 bits per heavy atom. The summed E-state index contributed by atoms with van der Waals surface area (Å²) >= 11 is 5.91. The number of aromatic amines is 1. The van der Waals surface area contributed by atoms with Crippen LogP contribution < -0.4 is 5.32 Å². The number of anilines is 1. The molecular formula is C13H13ClN4O. The van der Waals surface area contributed by atoms with Gasteiger partial charge in [-0.3, -0.25) is 9.89 Å². The summed E-state index contributed by atoms with van der Waals surface area (Å²) in [6, 6.07) is 5.35. The molecule has 5 nitrogen and oxygen atoms in total. The molecule has 98 valence electrons. The number of halogens is 1. The molecular weight excluding hydrogens is 264 g/mol. The van der Waals surface area contributed by atoms with Crippen LogP contribution in [0, 0.1) is 6.92 Å². The molecule has 1 fully saturated rings. The number of rotatable bonds is 3. The van der Waals surface area contributed by atoms with Crippen molar-refractivity contribution in [3.05, 3.63) is 40.4 Å². The smallest absolute Gasteiger partial charge is 0.295 e. The van der Waals surface area contributed by atoms with E-state index in [1.807, 2.05) is 13.0 Å². The number of carbonyl (C=O) groups excluding carboxylic acids is 1. The van der Waals surface area contributed by atoms with Gasteiger partial charge in [-0.15, -0.1) is 5.10 Å². The fourth-order valence-electron chi connectivity index (χ4n) is 1.82. The average Bonchev–Trinajstić information content (AvgIpc) is 3.11. The first-order chi connectivity index (χ1) is 9.13. The number of nitrogens with zero attached hydrogens (tertiary/aromatic N) is 2. The zero-order chi connectivity index (χ0) is 13.4. The van der Waals surface area contributed by atoms with Crippen LogP contribution in [0.15, 0.2) is 18.2 Å². The van der Waals surface area contributed by atoms with Crippen LogP contribution in [0.5, 0.6) is 0 Å². The number of hydrogen-bond donors (Lipinski definition) is 2. The van der Waals surface area contributed by atoms with Gasteiger partial charge in [-0.05, 0) is 37.5 Å². The molecule has 0 saturated heterocycles. The highest BCUT2D eigenvalue weighted by molar-refractivity contribution is 6.31. The van der Waals surface area contributed by atoms with Gasteiger partial charge in [0.05, 0.1) is 0 Å². The fourth-order valence-corrected chi connectivity index (χ4v) is 1.99. The molecule has 0 bridgehead atoms. The lowest BCUT2D eigenvalue weighted by atomic mass is 10.2. The van der Waals surface area contributed by atoms with E-state index in [-0.39, 0.29) is 11.7 Å². The normalized spacial score (nSPS) is 14.4. The second-order valence-corrected chi connectivity index (χ2v) is 5.17. The Balaban J connectivity index is 1.77. The van der Waals surface area contributed by atoms with Gasteiger partial charge in [-0.2, -0.15) is 0 Å². The lowest BCUT2D eigenvalue weighted by Crippen LogP contribution is -2.14. The van der Waals surface area contributed by atoms with Crippen LogP contribution in [0.2, 0.25) is 5.02 Å². The third-order valence-electron chi connectivity index (χ3n) is 3.12. The number of benzene rings is 1. The van der Waals surface area contributed by atoms with Crippen LogP contribution >= 0.6 is 11.6 Å². The molecule has 1 aromatic heterocycles.